The van der Waals surface area contributed by atoms with Crippen molar-refractivity contribution in [2.45, 2.75) is 45.6 Å². The lowest BCUT2D eigenvalue weighted by Crippen LogP contribution is -2.26. The predicted octanol–water partition coefficient (Wildman–Crippen LogP) is 4.91. The van der Waals surface area contributed by atoms with Gasteiger partial charge in [-0.2, -0.15) is 0 Å². The summed E-state index contributed by atoms with van der Waals surface area (Å²) in [6, 6.07) is 10.9. The highest BCUT2D eigenvalue weighted by atomic mass is 16.3. The first-order chi connectivity index (χ1) is 9.81. The lowest BCUT2D eigenvalue weighted by molar-refractivity contribution is 0.315. The Labute approximate surface area is 121 Å². The summed E-state index contributed by atoms with van der Waals surface area (Å²) in [5.41, 5.74) is 1.01. The van der Waals surface area contributed by atoms with Crippen molar-refractivity contribution < 1.29 is 4.42 Å². The fraction of sp³-hybridized carbons (Fsp3) is 0.556. The summed E-state index contributed by atoms with van der Waals surface area (Å²) in [6.45, 7) is 5.49. The average Bonchev–Trinajstić information content (AvgIpc) is 3.10. The molecule has 3 unspecified atom stereocenters. The molecule has 108 valence electrons. The Morgan fingerprint density at radius 1 is 1.25 bits per heavy atom. The maximum atomic E-state index is 6.10. The number of rotatable bonds is 5. The molecule has 0 saturated heterocycles. The topological polar surface area (TPSA) is 25.2 Å². The van der Waals surface area contributed by atoms with Crippen LogP contribution in [0.4, 0.5) is 0 Å². The largest absolute Gasteiger partial charge is 0.459 e. The van der Waals surface area contributed by atoms with E-state index in [-0.39, 0.29) is 0 Å². The number of para-hydroxylation sites is 1. The molecule has 1 saturated carbocycles. The summed E-state index contributed by atoms with van der Waals surface area (Å²) in [5, 5.41) is 4.87. The molecule has 1 aliphatic carbocycles. The number of hydrogen-bond donors (Lipinski definition) is 1. The van der Waals surface area contributed by atoms with E-state index in [9.17, 15) is 0 Å². The van der Waals surface area contributed by atoms with Crippen molar-refractivity contribution in [3.63, 3.8) is 0 Å². The number of benzene rings is 1. The molecule has 2 heteroatoms. The van der Waals surface area contributed by atoms with Gasteiger partial charge in [-0.15, -0.1) is 0 Å². The molecule has 1 heterocycles. The molecular weight excluding hydrogens is 246 g/mol. The molecule has 0 bridgehead atoms. The normalized spacial score (nSPS) is 24.3. The van der Waals surface area contributed by atoms with E-state index in [4.69, 9.17) is 4.42 Å². The highest BCUT2D eigenvalue weighted by molar-refractivity contribution is 5.77. The van der Waals surface area contributed by atoms with Crippen molar-refractivity contribution in [2.24, 2.45) is 11.8 Å². The Morgan fingerprint density at radius 3 is 2.80 bits per heavy atom. The Morgan fingerprint density at radius 2 is 2.10 bits per heavy atom. The zero-order chi connectivity index (χ0) is 13.9. The van der Waals surface area contributed by atoms with Crippen molar-refractivity contribution in [1.29, 1.82) is 0 Å². The van der Waals surface area contributed by atoms with Crippen LogP contribution in [0.15, 0.2) is 34.7 Å². The minimum Gasteiger partial charge on any atom is -0.459 e. The molecule has 0 amide bonds. The number of fused-ring (bicyclic) bond motifs is 1. The van der Waals surface area contributed by atoms with E-state index in [0.29, 0.717) is 6.04 Å². The van der Waals surface area contributed by atoms with E-state index in [1.54, 1.807) is 0 Å². The van der Waals surface area contributed by atoms with E-state index in [2.05, 4.69) is 43.4 Å². The van der Waals surface area contributed by atoms with Gasteiger partial charge in [-0.1, -0.05) is 44.9 Å². The molecule has 0 spiro atoms. The summed E-state index contributed by atoms with van der Waals surface area (Å²) in [4.78, 5) is 0. The van der Waals surface area contributed by atoms with E-state index in [1.165, 1.54) is 31.1 Å². The van der Waals surface area contributed by atoms with Gasteiger partial charge in [-0.3, -0.25) is 0 Å². The van der Waals surface area contributed by atoms with Gasteiger partial charge in [0.1, 0.15) is 11.3 Å². The smallest absolute Gasteiger partial charge is 0.134 e. The van der Waals surface area contributed by atoms with Crippen LogP contribution in [-0.4, -0.2) is 6.54 Å². The van der Waals surface area contributed by atoms with Crippen LogP contribution in [0.3, 0.4) is 0 Å². The van der Waals surface area contributed by atoms with Gasteiger partial charge in [0, 0.05) is 5.39 Å². The van der Waals surface area contributed by atoms with Gasteiger partial charge in [0.25, 0.3) is 0 Å². The van der Waals surface area contributed by atoms with Gasteiger partial charge in [-0.05, 0) is 43.4 Å². The van der Waals surface area contributed by atoms with Gasteiger partial charge in [0.05, 0.1) is 6.04 Å². The Kier molecular flexibility index (Phi) is 4.11. The van der Waals surface area contributed by atoms with Crippen LogP contribution < -0.4 is 5.32 Å². The lowest BCUT2D eigenvalue weighted by Gasteiger charge is -2.22. The molecule has 1 aromatic carbocycles. The van der Waals surface area contributed by atoms with Gasteiger partial charge >= 0.3 is 0 Å². The third kappa shape index (κ3) is 2.62. The Bertz CT molecular complexity index is 526. The van der Waals surface area contributed by atoms with Crippen molar-refractivity contribution >= 4 is 11.0 Å². The first kappa shape index (κ1) is 13.7. The van der Waals surface area contributed by atoms with Crippen molar-refractivity contribution in [3.8, 4) is 0 Å². The number of nitrogens with one attached hydrogen (secondary N) is 1. The van der Waals surface area contributed by atoms with Crippen LogP contribution in [-0.2, 0) is 0 Å². The first-order valence-electron chi connectivity index (χ1n) is 8.03. The van der Waals surface area contributed by atoms with Crippen LogP contribution in [0.1, 0.15) is 51.3 Å². The molecule has 3 rings (SSSR count). The zero-order valence-electron chi connectivity index (χ0n) is 12.6. The molecule has 1 aromatic heterocycles. The minimum absolute atomic E-state index is 0.379. The molecule has 2 nitrogen and oxygen atoms in total. The van der Waals surface area contributed by atoms with Crippen LogP contribution >= 0.6 is 0 Å². The quantitative estimate of drug-likeness (QED) is 0.836. The minimum atomic E-state index is 0.379. The molecule has 0 radical (unpaired) electrons. The maximum absolute atomic E-state index is 6.10. The second kappa shape index (κ2) is 6.01. The molecule has 1 fully saturated rings. The fourth-order valence-corrected chi connectivity index (χ4v) is 3.66. The summed E-state index contributed by atoms with van der Waals surface area (Å²) in [7, 11) is 0. The molecule has 0 aliphatic heterocycles. The van der Waals surface area contributed by atoms with Crippen molar-refractivity contribution in [1.82, 2.24) is 5.32 Å². The van der Waals surface area contributed by atoms with Crippen LogP contribution in [0.5, 0.6) is 0 Å². The van der Waals surface area contributed by atoms with Crippen LogP contribution in [0.25, 0.3) is 11.0 Å². The van der Waals surface area contributed by atoms with Gasteiger partial charge in [0.2, 0.25) is 0 Å². The monoisotopic (exact) mass is 271 g/mol. The van der Waals surface area contributed by atoms with Crippen molar-refractivity contribution in [3.05, 3.63) is 36.1 Å². The molecule has 3 atom stereocenters. The Hall–Kier alpha value is -1.28. The van der Waals surface area contributed by atoms with Crippen LogP contribution in [0, 0.1) is 11.8 Å². The van der Waals surface area contributed by atoms with Crippen molar-refractivity contribution in [2.75, 3.05) is 6.54 Å². The van der Waals surface area contributed by atoms with Gasteiger partial charge in [0.15, 0.2) is 0 Å². The maximum Gasteiger partial charge on any atom is 0.134 e. The highest BCUT2D eigenvalue weighted by Crippen LogP contribution is 2.41. The summed E-state index contributed by atoms with van der Waals surface area (Å²) in [5.74, 6) is 2.75. The highest BCUT2D eigenvalue weighted by Gasteiger charge is 2.32. The third-order valence-electron chi connectivity index (χ3n) is 4.81. The SMILES string of the molecule is CCNC(c1cc2ccccc2o1)C1CCC(CC)C1. The lowest BCUT2D eigenvalue weighted by atomic mass is 9.94. The molecular formula is C18H25NO. The zero-order valence-corrected chi connectivity index (χ0v) is 12.6. The van der Waals surface area contributed by atoms with E-state index in [0.717, 1.165) is 29.7 Å². The van der Waals surface area contributed by atoms with Gasteiger partial charge in [-0.25, -0.2) is 0 Å². The predicted molar refractivity (Wildman–Crippen MR) is 83.8 cm³/mol. The van der Waals surface area contributed by atoms with Gasteiger partial charge < -0.3 is 9.73 Å². The van der Waals surface area contributed by atoms with E-state index < -0.39 is 0 Å². The second-order valence-corrected chi connectivity index (χ2v) is 6.07. The standard InChI is InChI=1S/C18H25NO/c1-3-13-9-10-15(11-13)18(19-4-2)17-12-14-7-5-6-8-16(14)20-17/h5-8,12-13,15,18-19H,3-4,9-11H2,1-2H3. The Balaban J connectivity index is 1.86. The van der Waals surface area contributed by atoms with Crippen LogP contribution in [0.2, 0.25) is 0 Å². The number of furan rings is 1. The third-order valence-corrected chi connectivity index (χ3v) is 4.81. The summed E-state index contributed by atoms with van der Waals surface area (Å²) in [6.07, 6.45) is 5.36. The molecule has 2 aromatic rings. The second-order valence-electron chi connectivity index (χ2n) is 6.07. The molecule has 1 N–H and O–H groups in total. The fourth-order valence-electron chi connectivity index (χ4n) is 3.66. The average molecular weight is 271 g/mol. The molecule has 20 heavy (non-hydrogen) atoms. The summed E-state index contributed by atoms with van der Waals surface area (Å²) >= 11 is 0. The molecule has 1 aliphatic rings. The number of hydrogen-bond acceptors (Lipinski definition) is 2. The summed E-state index contributed by atoms with van der Waals surface area (Å²) < 4.78 is 6.10. The first-order valence-corrected chi connectivity index (χ1v) is 8.03. The van der Waals surface area contributed by atoms with E-state index in [1.807, 2.05) is 6.07 Å². The van der Waals surface area contributed by atoms with E-state index >= 15 is 0 Å².